The average molecular weight is 405 g/mol. The first-order chi connectivity index (χ1) is 14.5. The molecule has 0 fully saturated rings. The van der Waals surface area contributed by atoms with Crippen molar-refractivity contribution in [3.05, 3.63) is 102 Å². The van der Waals surface area contributed by atoms with Crippen LogP contribution in [0, 0.1) is 5.82 Å². The number of hydrogen-bond donors (Lipinski definition) is 1. The Bertz CT molecular complexity index is 1000. The fraction of sp³-hybridized carbons (Fsp3) is 0.125. The normalized spacial score (nSPS) is 11.4. The number of benzene rings is 3. The predicted octanol–water partition coefficient (Wildman–Crippen LogP) is 4.31. The number of halogens is 1. The fourth-order valence-electron chi connectivity index (χ4n) is 2.81. The minimum atomic E-state index is -1.04. The standard InChI is InChI=1S/C24H20FNO4/c25-19-11-13-20(14-12-19)26-21(15-22(27)17-7-3-1-4-8-17)24(29)30-16-23(28)18-9-5-2-6-10-18/h1-14,21,26H,15-16H2/t21-/m0/s1. The Balaban J connectivity index is 1.70. The summed E-state index contributed by atoms with van der Waals surface area (Å²) in [5, 5.41) is 2.90. The maximum atomic E-state index is 13.2. The highest BCUT2D eigenvalue weighted by atomic mass is 19.1. The Kier molecular flexibility index (Phi) is 7.05. The molecule has 0 heterocycles. The maximum absolute atomic E-state index is 13.2. The molecule has 0 aliphatic heterocycles. The third kappa shape index (κ3) is 5.85. The van der Waals surface area contributed by atoms with Gasteiger partial charge in [0.2, 0.25) is 0 Å². The molecule has 6 heteroatoms. The second-order valence-corrected chi connectivity index (χ2v) is 6.59. The van der Waals surface area contributed by atoms with Crippen LogP contribution < -0.4 is 5.32 Å². The Morgan fingerprint density at radius 1 is 0.767 bits per heavy atom. The summed E-state index contributed by atoms with van der Waals surface area (Å²) >= 11 is 0. The summed E-state index contributed by atoms with van der Waals surface area (Å²) in [5.41, 5.74) is 1.33. The molecule has 0 aliphatic carbocycles. The van der Waals surface area contributed by atoms with Gasteiger partial charge in [-0.1, -0.05) is 60.7 Å². The van der Waals surface area contributed by atoms with E-state index >= 15 is 0 Å². The predicted molar refractivity (Wildman–Crippen MR) is 111 cm³/mol. The van der Waals surface area contributed by atoms with E-state index in [9.17, 15) is 18.8 Å². The van der Waals surface area contributed by atoms with E-state index in [1.54, 1.807) is 60.7 Å². The highest BCUT2D eigenvalue weighted by Crippen LogP contribution is 2.15. The highest BCUT2D eigenvalue weighted by molar-refractivity contribution is 6.01. The van der Waals surface area contributed by atoms with Crippen LogP contribution in [0.1, 0.15) is 27.1 Å². The van der Waals surface area contributed by atoms with Gasteiger partial charge >= 0.3 is 5.97 Å². The van der Waals surface area contributed by atoms with Gasteiger partial charge in [0.05, 0.1) is 0 Å². The summed E-state index contributed by atoms with van der Waals surface area (Å²) < 4.78 is 18.3. The first-order valence-electron chi connectivity index (χ1n) is 9.38. The maximum Gasteiger partial charge on any atom is 0.329 e. The molecule has 30 heavy (non-hydrogen) atoms. The Hall–Kier alpha value is -3.80. The van der Waals surface area contributed by atoms with E-state index < -0.39 is 24.4 Å². The van der Waals surface area contributed by atoms with Crippen LogP contribution in [0.15, 0.2) is 84.9 Å². The molecule has 0 aliphatic rings. The van der Waals surface area contributed by atoms with Gasteiger partial charge in [-0.3, -0.25) is 9.59 Å². The van der Waals surface area contributed by atoms with Gasteiger partial charge in [-0.25, -0.2) is 9.18 Å². The first-order valence-corrected chi connectivity index (χ1v) is 9.38. The number of nitrogens with one attached hydrogen (secondary N) is 1. The molecule has 0 unspecified atom stereocenters. The second-order valence-electron chi connectivity index (χ2n) is 6.59. The van der Waals surface area contributed by atoms with Gasteiger partial charge in [0, 0.05) is 23.2 Å². The summed E-state index contributed by atoms with van der Waals surface area (Å²) in [5.74, 6) is -1.78. The average Bonchev–Trinajstić information content (AvgIpc) is 2.79. The number of ketones is 2. The Morgan fingerprint density at radius 3 is 1.87 bits per heavy atom. The van der Waals surface area contributed by atoms with Crippen LogP contribution >= 0.6 is 0 Å². The molecule has 1 N–H and O–H groups in total. The van der Waals surface area contributed by atoms with Crippen molar-refractivity contribution in [3.63, 3.8) is 0 Å². The van der Waals surface area contributed by atoms with Gasteiger partial charge in [-0.15, -0.1) is 0 Å². The minimum absolute atomic E-state index is 0.181. The summed E-state index contributed by atoms with van der Waals surface area (Å²) in [7, 11) is 0. The number of hydrogen-bond acceptors (Lipinski definition) is 5. The molecule has 0 amide bonds. The van der Waals surface area contributed by atoms with E-state index in [-0.39, 0.29) is 18.0 Å². The van der Waals surface area contributed by atoms with Crippen LogP contribution in [0.3, 0.4) is 0 Å². The van der Waals surface area contributed by atoms with Gasteiger partial charge < -0.3 is 10.1 Å². The van der Waals surface area contributed by atoms with Crippen molar-refractivity contribution in [2.45, 2.75) is 12.5 Å². The van der Waals surface area contributed by atoms with Crippen LogP contribution in [0.5, 0.6) is 0 Å². The number of ether oxygens (including phenoxy) is 1. The SMILES string of the molecule is O=C(COC(=O)[C@H](CC(=O)c1ccccc1)Nc1ccc(F)cc1)c1ccccc1. The number of rotatable bonds is 9. The van der Waals surface area contributed by atoms with Crippen molar-refractivity contribution in [3.8, 4) is 0 Å². The quantitative estimate of drug-likeness (QED) is 0.424. The molecular weight excluding hydrogens is 385 g/mol. The third-order valence-corrected chi connectivity index (χ3v) is 4.40. The number of anilines is 1. The second kappa shape index (κ2) is 10.1. The van der Waals surface area contributed by atoms with E-state index in [4.69, 9.17) is 4.74 Å². The lowest BCUT2D eigenvalue weighted by molar-refractivity contribution is -0.143. The summed E-state index contributed by atoms with van der Waals surface area (Å²) in [6.07, 6.45) is -0.181. The molecule has 0 saturated heterocycles. The molecule has 0 spiro atoms. The van der Waals surface area contributed by atoms with Crippen LogP contribution in [-0.4, -0.2) is 30.2 Å². The summed E-state index contributed by atoms with van der Waals surface area (Å²) in [6, 6.07) is 21.4. The van der Waals surface area contributed by atoms with Crippen molar-refractivity contribution in [1.82, 2.24) is 0 Å². The molecule has 0 aromatic heterocycles. The topological polar surface area (TPSA) is 72.5 Å². The minimum Gasteiger partial charge on any atom is -0.456 e. The molecule has 3 aromatic carbocycles. The zero-order valence-corrected chi connectivity index (χ0v) is 16.1. The zero-order valence-electron chi connectivity index (χ0n) is 16.1. The van der Waals surface area contributed by atoms with E-state index in [2.05, 4.69) is 5.32 Å². The lowest BCUT2D eigenvalue weighted by Gasteiger charge is -2.18. The van der Waals surface area contributed by atoms with E-state index in [0.717, 1.165) is 0 Å². The lowest BCUT2D eigenvalue weighted by Crippen LogP contribution is -2.34. The largest absolute Gasteiger partial charge is 0.456 e. The van der Waals surface area contributed by atoms with Crippen molar-refractivity contribution in [2.24, 2.45) is 0 Å². The Morgan fingerprint density at radius 2 is 1.30 bits per heavy atom. The van der Waals surface area contributed by atoms with E-state index in [1.807, 2.05) is 0 Å². The molecule has 1 atom stereocenters. The van der Waals surface area contributed by atoms with E-state index in [0.29, 0.717) is 16.8 Å². The van der Waals surface area contributed by atoms with Gasteiger partial charge in [-0.2, -0.15) is 0 Å². The molecule has 3 aromatic rings. The van der Waals surface area contributed by atoms with Crippen LogP contribution in [0.25, 0.3) is 0 Å². The first kappa shape index (κ1) is 20.9. The zero-order chi connectivity index (χ0) is 21.3. The van der Waals surface area contributed by atoms with Crippen LogP contribution in [-0.2, 0) is 9.53 Å². The monoisotopic (exact) mass is 405 g/mol. The summed E-state index contributed by atoms with van der Waals surface area (Å²) in [6.45, 7) is -0.441. The van der Waals surface area contributed by atoms with Crippen molar-refractivity contribution in [1.29, 1.82) is 0 Å². The van der Waals surface area contributed by atoms with Gasteiger partial charge in [-0.05, 0) is 24.3 Å². The summed E-state index contributed by atoms with van der Waals surface area (Å²) in [4.78, 5) is 37.4. The van der Waals surface area contributed by atoms with Crippen LogP contribution in [0.2, 0.25) is 0 Å². The number of carbonyl (C=O) groups is 3. The third-order valence-electron chi connectivity index (χ3n) is 4.40. The lowest BCUT2D eigenvalue weighted by atomic mass is 10.0. The number of esters is 1. The molecule has 3 rings (SSSR count). The molecule has 0 radical (unpaired) electrons. The molecular formula is C24H20FNO4. The number of carbonyl (C=O) groups excluding carboxylic acids is 3. The highest BCUT2D eigenvalue weighted by Gasteiger charge is 2.25. The van der Waals surface area contributed by atoms with Crippen molar-refractivity contribution < 1.29 is 23.5 Å². The van der Waals surface area contributed by atoms with Crippen LogP contribution in [0.4, 0.5) is 10.1 Å². The van der Waals surface area contributed by atoms with Gasteiger partial charge in [0.1, 0.15) is 11.9 Å². The molecule has 5 nitrogen and oxygen atoms in total. The van der Waals surface area contributed by atoms with Crippen molar-refractivity contribution in [2.75, 3.05) is 11.9 Å². The smallest absolute Gasteiger partial charge is 0.329 e. The molecule has 0 saturated carbocycles. The number of Topliss-reactive ketones (excluding diaryl/α,β-unsaturated/α-hetero) is 2. The molecule has 0 bridgehead atoms. The van der Waals surface area contributed by atoms with Gasteiger partial charge in [0.15, 0.2) is 18.2 Å². The molecule has 152 valence electrons. The van der Waals surface area contributed by atoms with E-state index in [1.165, 1.54) is 24.3 Å². The van der Waals surface area contributed by atoms with Crippen molar-refractivity contribution >= 4 is 23.2 Å². The Labute approximate surface area is 173 Å². The van der Waals surface area contributed by atoms with Gasteiger partial charge in [0.25, 0.3) is 0 Å². The fourth-order valence-corrected chi connectivity index (χ4v) is 2.81.